The first-order valence-corrected chi connectivity index (χ1v) is 14.2. The predicted octanol–water partition coefficient (Wildman–Crippen LogP) is 10.3. The van der Waals surface area contributed by atoms with Gasteiger partial charge in [-0.05, 0) is 59.0 Å². The Hall–Kier alpha value is -0.560. The molecule has 0 amide bonds. The lowest BCUT2D eigenvalue weighted by molar-refractivity contribution is 0.251. The van der Waals surface area contributed by atoms with Gasteiger partial charge in [0.25, 0.3) is 0 Å². The number of nitrogens with zero attached hydrogens (tertiary/aromatic N) is 1. The summed E-state index contributed by atoms with van der Waals surface area (Å²) < 4.78 is 0. The fraction of sp³-hybridized carbons (Fsp3) is 0.867. The second-order valence-corrected chi connectivity index (χ2v) is 9.90. The van der Waals surface area contributed by atoms with Gasteiger partial charge in [0.15, 0.2) is 0 Å². The molecule has 0 radical (unpaired) electrons. The largest absolute Gasteiger partial charge is 0.306 e. The van der Waals surface area contributed by atoms with Crippen molar-refractivity contribution in [2.24, 2.45) is 0 Å². The minimum atomic E-state index is 0.813. The van der Waals surface area contributed by atoms with E-state index in [2.05, 4.69) is 57.1 Å². The van der Waals surface area contributed by atoms with Crippen LogP contribution in [0.5, 0.6) is 0 Å². The van der Waals surface area contributed by atoms with Crippen molar-refractivity contribution < 1.29 is 0 Å². The molecule has 0 aliphatic heterocycles. The lowest BCUT2D eigenvalue weighted by Crippen LogP contribution is -2.27. The molecule has 184 valence electrons. The lowest BCUT2D eigenvalue weighted by Gasteiger charge is -2.24. The molecule has 0 saturated heterocycles. The van der Waals surface area contributed by atoms with Gasteiger partial charge in [0.1, 0.15) is 0 Å². The van der Waals surface area contributed by atoms with E-state index >= 15 is 0 Å². The van der Waals surface area contributed by atoms with Gasteiger partial charge in [-0.1, -0.05) is 128 Å². The van der Waals surface area contributed by atoms with Crippen LogP contribution in [0, 0.1) is 0 Å². The predicted molar refractivity (Wildman–Crippen MR) is 144 cm³/mol. The Morgan fingerprint density at radius 1 is 0.484 bits per heavy atom. The first-order chi connectivity index (χ1) is 15.2. The Bertz CT molecular complexity index is 382. The molecule has 0 N–H and O–H groups in total. The molecule has 0 aliphatic rings. The Morgan fingerprint density at radius 2 is 0.871 bits per heavy atom. The van der Waals surface area contributed by atoms with Crippen LogP contribution in [0.25, 0.3) is 0 Å². The fourth-order valence-electron chi connectivity index (χ4n) is 4.37. The molecular weight excluding hydrogens is 374 g/mol. The maximum absolute atomic E-state index is 2.46. The summed E-state index contributed by atoms with van der Waals surface area (Å²) in [5.41, 5.74) is 0. The van der Waals surface area contributed by atoms with Crippen LogP contribution in [0.4, 0.5) is 0 Å². The third-order valence-corrected chi connectivity index (χ3v) is 6.61. The topological polar surface area (TPSA) is 3.24 Å². The number of hydrogen-bond acceptors (Lipinski definition) is 1. The average molecular weight is 434 g/mol. The average Bonchev–Trinajstić information content (AvgIpc) is 2.76. The van der Waals surface area contributed by atoms with Gasteiger partial charge >= 0.3 is 0 Å². The van der Waals surface area contributed by atoms with Crippen LogP contribution in [0.15, 0.2) is 24.3 Å². The minimum Gasteiger partial charge on any atom is -0.306 e. The Labute approximate surface area is 198 Å². The standard InChI is InChI=1S/C30H59N/c1-5-7-9-11-12-13-14-15-16-17-18-19-20-21-22-23-24-25-27-29-30(31(3)4)28-26-10-8-6-2/h12-13,15-16,30H,5-11,14,17-29H2,1-4H3. The molecule has 0 fully saturated rings. The smallest absolute Gasteiger partial charge is 0.00891 e. The van der Waals surface area contributed by atoms with E-state index in [1.54, 1.807) is 0 Å². The van der Waals surface area contributed by atoms with E-state index in [1.165, 1.54) is 128 Å². The van der Waals surface area contributed by atoms with Gasteiger partial charge in [0, 0.05) is 6.04 Å². The third kappa shape index (κ3) is 23.9. The van der Waals surface area contributed by atoms with Gasteiger partial charge < -0.3 is 4.90 Å². The molecule has 1 unspecified atom stereocenters. The summed E-state index contributed by atoms with van der Waals surface area (Å²) in [4.78, 5) is 2.46. The highest BCUT2D eigenvalue weighted by atomic mass is 15.1. The van der Waals surface area contributed by atoms with E-state index in [-0.39, 0.29) is 0 Å². The van der Waals surface area contributed by atoms with E-state index in [0.29, 0.717) is 0 Å². The van der Waals surface area contributed by atoms with Crippen LogP contribution < -0.4 is 0 Å². The first kappa shape index (κ1) is 30.4. The van der Waals surface area contributed by atoms with Gasteiger partial charge in [0.05, 0.1) is 0 Å². The summed E-state index contributed by atoms with van der Waals surface area (Å²) in [7, 11) is 4.54. The fourth-order valence-corrected chi connectivity index (χ4v) is 4.37. The Morgan fingerprint density at radius 3 is 1.35 bits per heavy atom. The molecule has 0 heterocycles. The molecule has 0 saturated carbocycles. The van der Waals surface area contributed by atoms with Crippen LogP contribution in [0.2, 0.25) is 0 Å². The highest BCUT2D eigenvalue weighted by Crippen LogP contribution is 2.17. The normalized spacial score (nSPS) is 13.2. The maximum Gasteiger partial charge on any atom is 0.00891 e. The quantitative estimate of drug-likeness (QED) is 0.108. The van der Waals surface area contributed by atoms with Crippen LogP contribution in [0.3, 0.4) is 0 Å². The van der Waals surface area contributed by atoms with Crippen molar-refractivity contribution in [2.75, 3.05) is 14.1 Å². The maximum atomic E-state index is 2.46. The van der Waals surface area contributed by atoms with Gasteiger partial charge in [-0.15, -0.1) is 0 Å². The van der Waals surface area contributed by atoms with E-state index in [9.17, 15) is 0 Å². The van der Waals surface area contributed by atoms with E-state index in [0.717, 1.165) is 12.5 Å². The summed E-state index contributed by atoms with van der Waals surface area (Å²) in [6, 6.07) is 0.813. The van der Waals surface area contributed by atoms with Crippen molar-refractivity contribution in [3.63, 3.8) is 0 Å². The zero-order valence-electron chi connectivity index (χ0n) is 22.2. The van der Waals surface area contributed by atoms with E-state index < -0.39 is 0 Å². The summed E-state index contributed by atoms with van der Waals surface area (Å²) >= 11 is 0. The SMILES string of the molecule is CCCCCC=CCC=CCCCCCCCCCCCC(CCCCCC)N(C)C. The molecule has 0 rings (SSSR count). The number of rotatable bonds is 24. The molecule has 31 heavy (non-hydrogen) atoms. The van der Waals surface area contributed by atoms with Crippen LogP contribution in [-0.2, 0) is 0 Å². The number of unbranched alkanes of at least 4 members (excludes halogenated alkanes) is 15. The number of hydrogen-bond donors (Lipinski definition) is 0. The first-order valence-electron chi connectivity index (χ1n) is 14.2. The molecular formula is C30H59N. The van der Waals surface area contributed by atoms with Crippen LogP contribution >= 0.6 is 0 Å². The molecule has 0 aromatic rings. The second-order valence-electron chi connectivity index (χ2n) is 9.90. The van der Waals surface area contributed by atoms with Crippen molar-refractivity contribution in [3.05, 3.63) is 24.3 Å². The highest BCUT2D eigenvalue weighted by molar-refractivity contribution is 4.92. The highest BCUT2D eigenvalue weighted by Gasteiger charge is 2.10. The molecule has 0 spiro atoms. The summed E-state index contributed by atoms with van der Waals surface area (Å²) in [6.07, 6.45) is 38.4. The zero-order valence-corrected chi connectivity index (χ0v) is 22.2. The van der Waals surface area contributed by atoms with E-state index in [1.807, 2.05) is 0 Å². The zero-order chi connectivity index (χ0) is 22.8. The van der Waals surface area contributed by atoms with Crippen molar-refractivity contribution in [2.45, 2.75) is 155 Å². The summed E-state index contributed by atoms with van der Waals surface area (Å²) in [6.45, 7) is 4.57. The second kappa shape index (κ2) is 25.7. The molecule has 0 aliphatic carbocycles. The van der Waals surface area contributed by atoms with Crippen LogP contribution in [-0.4, -0.2) is 25.0 Å². The van der Waals surface area contributed by atoms with Gasteiger partial charge in [-0.25, -0.2) is 0 Å². The van der Waals surface area contributed by atoms with Gasteiger partial charge in [0.2, 0.25) is 0 Å². The van der Waals surface area contributed by atoms with Gasteiger partial charge in [-0.2, -0.15) is 0 Å². The monoisotopic (exact) mass is 433 g/mol. The Balaban J connectivity index is 3.37. The minimum absolute atomic E-state index is 0.813. The molecule has 0 aromatic carbocycles. The van der Waals surface area contributed by atoms with Crippen molar-refractivity contribution in [1.29, 1.82) is 0 Å². The van der Waals surface area contributed by atoms with Crippen LogP contribution in [0.1, 0.15) is 149 Å². The summed E-state index contributed by atoms with van der Waals surface area (Å²) in [5.74, 6) is 0. The van der Waals surface area contributed by atoms with Crippen molar-refractivity contribution in [1.82, 2.24) is 4.90 Å². The molecule has 0 aromatic heterocycles. The van der Waals surface area contributed by atoms with E-state index in [4.69, 9.17) is 0 Å². The molecule has 1 nitrogen and oxygen atoms in total. The van der Waals surface area contributed by atoms with Crippen molar-refractivity contribution in [3.8, 4) is 0 Å². The Kier molecular flexibility index (Phi) is 25.2. The molecule has 0 bridgehead atoms. The molecule has 1 heteroatoms. The lowest BCUT2D eigenvalue weighted by atomic mass is 9.99. The number of allylic oxidation sites excluding steroid dienone is 4. The van der Waals surface area contributed by atoms with Crippen molar-refractivity contribution >= 4 is 0 Å². The summed E-state index contributed by atoms with van der Waals surface area (Å²) in [5, 5.41) is 0. The molecule has 1 atom stereocenters. The third-order valence-electron chi connectivity index (χ3n) is 6.61. The van der Waals surface area contributed by atoms with Gasteiger partial charge in [-0.3, -0.25) is 0 Å².